The summed E-state index contributed by atoms with van der Waals surface area (Å²) in [6, 6.07) is 81.8. The van der Waals surface area contributed by atoms with Crippen LogP contribution in [-0.2, 0) is 86.9 Å². The molecular formula is C81H78I2N8O20S5. The maximum absolute atomic E-state index is 12.1. The first-order valence-corrected chi connectivity index (χ1v) is 43.3. The van der Waals surface area contributed by atoms with Crippen LogP contribution in [0.5, 0.6) is 0 Å². The summed E-state index contributed by atoms with van der Waals surface area (Å²) in [5, 5.41) is 41.5. The van der Waals surface area contributed by atoms with E-state index in [4.69, 9.17) is 31.5 Å². The number of anilines is 6. The number of halogens is 2. The van der Waals surface area contributed by atoms with E-state index in [0.717, 1.165) is 38.6 Å². The van der Waals surface area contributed by atoms with E-state index in [2.05, 4.69) is 75.4 Å². The number of benzene rings is 11. The third-order valence-corrected chi connectivity index (χ3v) is 22.9. The summed E-state index contributed by atoms with van der Waals surface area (Å²) >= 11 is 4.41. The van der Waals surface area contributed by atoms with Gasteiger partial charge >= 0.3 is 17.9 Å². The number of hydroxylamine groups is 2. The highest BCUT2D eigenvalue weighted by molar-refractivity contribution is 14.1. The van der Waals surface area contributed by atoms with E-state index < -0.39 is 79.8 Å². The van der Waals surface area contributed by atoms with Gasteiger partial charge in [-0.2, -0.15) is 0 Å². The number of nitrogens with one attached hydrogen (secondary N) is 7. The number of hydrogen-bond donors (Lipinski definition) is 13. The number of rotatable bonds is 26. The van der Waals surface area contributed by atoms with Gasteiger partial charge in [-0.05, 0) is 250 Å². The number of carbonyl (C=O) groups excluding carboxylic acids is 2. The third kappa shape index (κ3) is 36.4. The average Bonchev–Trinajstić information content (AvgIpc) is 0.849. The van der Waals surface area contributed by atoms with Crippen molar-refractivity contribution in [2.75, 3.05) is 29.3 Å². The first-order valence-electron chi connectivity index (χ1n) is 33.7. The fourth-order valence-corrected chi connectivity index (χ4v) is 14.9. The molecule has 35 heteroatoms. The van der Waals surface area contributed by atoms with Crippen LogP contribution < -0.4 is 40.3 Å². The summed E-state index contributed by atoms with van der Waals surface area (Å²) in [6.45, 7) is 2.96. The highest BCUT2D eigenvalue weighted by atomic mass is 127. The van der Waals surface area contributed by atoms with E-state index in [1.807, 2.05) is 36.4 Å². The van der Waals surface area contributed by atoms with Gasteiger partial charge < -0.3 is 21.1 Å². The van der Waals surface area contributed by atoms with Crippen molar-refractivity contribution >= 4 is 171 Å². The summed E-state index contributed by atoms with van der Waals surface area (Å²) in [5.74, 6) is -3.99. The monoisotopic (exact) mass is 1900 g/mol. The first-order chi connectivity index (χ1) is 55.1. The lowest BCUT2D eigenvalue weighted by Gasteiger charge is -2.08. The van der Waals surface area contributed by atoms with Gasteiger partial charge in [-0.15, -0.1) is 0 Å². The summed E-state index contributed by atoms with van der Waals surface area (Å²) in [7, 11) is -17.9. The number of carboxylic acid groups (broad SMARTS) is 3. The molecule has 0 bridgehead atoms. The standard InChI is InChI=1S/C15H16N2O4S.C15H14N2O4S.C15H15NO4S.C15H13NO4S.C12H10INO2S.C6H6IN.C3H4O2/c2*18-15(16-19)11-8-12-6-9-13(10-7-12)17-22(20,21)14-4-2-1-3-5-14;2*17-15(18)11-8-12-6-9-13(10-7-12)16-21(19,20)14-4-2-1-3-5-14;13-10-6-8-11(9-7-10)14-17(15,16)12-4-2-1-3-5-12;7-5-1-3-6(8)4-2-5;1-2-3(4)5/h1-7,9-10,17,19H,8,11H2,(H,16,18);1-11,17,19H,(H,16,18);1-7,9-10,16H,8,11H2,(H,17,18);1-11,16H,(H,17,18);1-9,14H;1-4H,8H2;2H,1H2,(H,4,5)/b;11-8+;;11-8+;;;. The first kappa shape index (κ1) is 94.5. The van der Waals surface area contributed by atoms with Crippen LogP contribution in [-0.4, -0.2) is 97.5 Å². The maximum Gasteiger partial charge on any atom is 0.328 e. The number of nitrogens with two attached hydrogens (primary N) is 1. The number of amides is 2. The summed E-state index contributed by atoms with van der Waals surface area (Å²) in [5.41, 5.74) is 14.6. The normalized spacial score (nSPS) is 10.8. The maximum atomic E-state index is 12.1. The van der Waals surface area contributed by atoms with Gasteiger partial charge in [0, 0.05) is 72.3 Å². The molecule has 0 spiro atoms. The Labute approximate surface area is 699 Å². The molecule has 116 heavy (non-hydrogen) atoms. The average molecular weight is 1900 g/mol. The van der Waals surface area contributed by atoms with Gasteiger partial charge in [0.25, 0.3) is 56.0 Å². The predicted molar refractivity (Wildman–Crippen MR) is 462 cm³/mol. The van der Waals surface area contributed by atoms with Crippen molar-refractivity contribution in [1.29, 1.82) is 0 Å². The molecule has 0 aromatic heterocycles. The van der Waals surface area contributed by atoms with Crippen molar-refractivity contribution in [2.24, 2.45) is 0 Å². The number of carbonyl (C=O) groups is 5. The number of carboxylic acids is 3. The molecule has 0 unspecified atom stereocenters. The SMILES string of the molecule is C=CC(=O)O.Nc1ccc(I)cc1.O=C(/C=C/c1ccc(NS(=O)(=O)c2ccccc2)cc1)NO.O=C(CCc1ccc(NS(=O)(=O)c2ccccc2)cc1)NO.O=C(O)/C=C/c1ccc(NS(=O)(=O)c2ccccc2)cc1.O=C(O)CCc1ccc(NS(=O)(=O)c2ccccc2)cc1.O=S(=O)(Nc1ccc(I)cc1)c1ccccc1. The Kier molecular flexibility index (Phi) is 39.3. The number of aryl methyl sites for hydroxylation is 2. The van der Waals surface area contributed by atoms with E-state index in [-0.39, 0.29) is 37.3 Å². The second-order valence-corrected chi connectivity index (χ2v) is 34.1. The minimum atomic E-state index is -3.62. The van der Waals surface area contributed by atoms with E-state index in [9.17, 15) is 66.1 Å². The van der Waals surface area contributed by atoms with Crippen LogP contribution in [0.15, 0.2) is 347 Å². The van der Waals surface area contributed by atoms with Gasteiger partial charge in [0.2, 0.25) is 5.91 Å². The molecule has 0 fully saturated rings. The molecule has 0 saturated carbocycles. The lowest BCUT2D eigenvalue weighted by Crippen LogP contribution is -2.18. The zero-order valence-electron chi connectivity index (χ0n) is 60.9. The highest BCUT2D eigenvalue weighted by Crippen LogP contribution is 2.23. The Bertz CT molecular complexity index is 5610. The second kappa shape index (κ2) is 48.2. The van der Waals surface area contributed by atoms with Crippen molar-refractivity contribution in [3.05, 3.63) is 351 Å². The van der Waals surface area contributed by atoms with E-state index in [0.29, 0.717) is 52.4 Å². The van der Waals surface area contributed by atoms with E-state index in [1.165, 1.54) is 69.7 Å². The molecule has 606 valence electrons. The minimum Gasteiger partial charge on any atom is -0.481 e. The van der Waals surface area contributed by atoms with Crippen molar-refractivity contribution in [1.82, 2.24) is 11.0 Å². The number of aliphatic carboxylic acids is 3. The molecule has 11 aromatic carbocycles. The van der Waals surface area contributed by atoms with Gasteiger partial charge in [-0.1, -0.05) is 146 Å². The Morgan fingerprint density at radius 2 is 0.586 bits per heavy atom. The zero-order chi connectivity index (χ0) is 85.2. The Morgan fingerprint density at radius 3 is 0.828 bits per heavy atom. The molecule has 11 aromatic rings. The van der Waals surface area contributed by atoms with Crippen LogP contribution in [0.2, 0.25) is 0 Å². The number of sulfonamides is 5. The van der Waals surface area contributed by atoms with Gasteiger partial charge in [0.1, 0.15) is 0 Å². The number of nitrogen functional groups attached to an aromatic ring is 1. The quantitative estimate of drug-likeness (QED) is 0.00787. The van der Waals surface area contributed by atoms with E-state index >= 15 is 0 Å². The molecule has 14 N–H and O–H groups in total. The van der Waals surface area contributed by atoms with Gasteiger partial charge in [0.15, 0.2) is 0 Å². The van der Waals surface area contributed by atoms with Gasteiger partial charge in [-0.3, -0.25) is 48.4 Å². The largest absolute Gasteiger partial charge is 0.481 e. The minimum absolute atomic E-state index is 0.0507. The van der Waals surface area contributed by atoms with Crippen LogP contribution in [0, 0.1) is 7.14 Å². The second-order valence-electron chi connectivity index (χ2n) is 23.2. The summed E-state index contributed by atoms with van der Waals surface area (Å²) in [6.07, 6.45) is 7.00. The Balaban J connectivity index is 0.000000249. The van der Waals surface area contributed by atoms with Crippen LogP contribution in [0.25, 0.3) is 12.2 Å². The predicted octanol–water partition coefficient (Wildman–Crippen LogP) is 14.2. The molecule has 0 radical (unpaired) electrons. The van der Waals surface area contributed by atoms with Crippen molar-refractivity contribution < 1.29 is 91.8 Å². The molecule has 11 rings (SSSR count). The molecule has 0 aliphatic carbocycles. The molecule has 0 aliphatic rings. The fraction of sp³-hybridized carbons (Fsp3) is 0.0494. The summed E-state index contributed by atoms with van der Waals surface area (Å²) in [4.78, 5) is 53.0. The molecule has 28 nitrogen and oxygen atoms in total. The van der Waals surface area contributed by atoms with Crippen molar-refractivity contribution in [2.45, 2.75) is 50.2 Å². The highest BCUT2D eigenvalue weighted by Gasteiger charge is 2.18. The van der Waals surface area contributed by atoms with Crippen LogP contribution in [0.3, 0.4) is 0 Å². The molecule has 0 aliphatic heterocycles. The Morgan fingerprint density at radius 1 is 0.336 bits per heavy atom. The third-order valence-electron chi connectivity index (χ3n) is 14.5. The van der Waals surface area contributed by atoms with Crippen molar-refractivity contribution in [3.63, 3.8) is 0 Å². The van der Waals surface area contributed by atoms with Crippen molar-refractivity contribution in [3.8, 4) is 0 Å². The lowest BCUT2D eigenvalue weighted by atomic mass is 10.1. The van der Waals surface area contributed by atoms with Crippen LogP contribution in [0.1, 0.15) is 35.1 Å². The molecular weight excluding hydrogens is 1820 g/mol. The molecule has 2 amide bonds. The zero-order valence-corrected chi connectivity index (χ0v) is 69.3. The Hall–Kier alpha value is -12.1. The van der Waals surface area contributed by atoms with Crippen LogP contribution >= 0.6 is 45.2 Å². The summed E-state index contributed by atoms with van der Waals surface area (Å²) < 4.78 is 136. The van der Waals surface area contributed by atoms with Gasteiger partial charge in [-0.25, -0.2) is 62.6 Å². The van der Waals surface area contributed by atoms with E-state index in [1.54, 1.807) is 218 Å². The molecule has 0 saturated heterocycles. The number of hydrogen-bond acceptors (Lipinski definition) is 18. The lowest BCUT2D eigenvalue weighted by molar-refractivity contribution is -0.137. The van der Waals surface area contributed by atoms with Gasteiger partial charge in [0.05, 0.1) is 24.5 Å². The molecule has 0 heterocycles. The fourth-order valence-electron chi connectivity index (χ4n) is 8.79. The molecule has 0 atom stereocenters. The van der Waals surface area contributed by atoms with Crippen LogP contribution in [0.4, 0.5) is 34.1 Å². The topological polar surface area (TPSA) is 467 Å². The smallest absolute Gasteiger partial charge is 0.328 e.